The summed E-state index contributed by atoms with van der Waals surface area (Å²) < 4.78 is 13.7. The topological polar surface area (TPSA) is 32.3 Å². The smallest absolute Gasteiger partial charge is 0.227 e. The van der Waals surface area contributed by atoms with Crippen molar-refractivity contribution in [3.63, 3.8) is 0 Å². The molecule has 1 unspecified atom stereocenters. The fourth-order valence-electron chi connectivity index (χ4n) is 2.90. The van der Waals surface area contributed by atoms with Gasteiger partial charge < -0.3 is 10.2 Å². The Hall–Kier alpha value is -1.42. The molecule has 1 amide bonds. The molecule has 0 saturated carbocycles. The van der Waals surface area contributed by atoms with E-state index < -0.39 is 0 Å². The molecule has 21 heavy (non-hydrogen) atoms. The van der Waals surface area contributed by atoms with Crippen LogP contribution in [0.15, 0.2) is 24.3 Å². The van der Waals surface area contributed by atoms with Gasteiger partial charge in [0.2, 0.25) is 5.91 Å². The summed E-state index contributed by atoms with van der Waals surface area (Å²) in [6.45, 7) is 5.67. The van der Waals surface area contributed by atoms with Gasteiger partial charge in [0.25, 0.3) is 0 Å². The van der Waals surface area contributed by atoms with Crippen molar-refractivity contribution in [1.82, 2.24) is 10.2 Å². The maximum atomic E-state index is 13.7. The first-order valence-electron chi connectivity index (χ1n) is 7.92. The van der Waals surface area contributed by atoms with Gasteiger partial charge in [-0.2, -0.15) is 0 Å². The Morgan fingerprint density at radius 2 is 2.24 bits per heavy atom. The number of benzene rings is 1. The van der Waals surface area contributed by atoms with E-state index in [9.17, 15) is 9.18 Å². The quantitative estimate of drug-likeness (QED) is 0.874. The van der Waals surface area contributed by atoms with Crippen molar-refractivity contribution in [3.05, 3.63) is 35.6 Å². The van der Waals surface area contributed by atoms with Crippen LogP contribution in [0.25, 0.3) is 0 Å². The van der Waals surface area contributed by atoms with Crippen LogP contribution >= 0.6 is 0 Å². The van der Waals surface area contributed by atoms with Crippen molar-refractivity contribution in [1.29, 1.82) is 0 Å². The van der Waals surface area contributed by atoms with Crippen molar-refractivity contribution >= 4 is 5.91 Å². The highest BCUT2D eigenvalue weighted by Crippen LogP contribution is 2.14. The number of carbonyl (C=O) groups is 1. The first-order valence-corrected chi connectivity index (χ1v) is 7.92. The summed E-state index contributed by atoms with van der Waals surface area (Å²) in [5, 5.41) is 3.38. The minimum Gasteiger partial charge on any atom is -0.342 e. The summed E-state index contributed by atoms with van der Waals surface area (Å²) in [7, 11) is 0. The summed E-state index contributed by atoms with van der Waals surface area (Å²) in [4.78, 5) is 14.4. The molecular formula is C17H25FN2O. The molecule has 0 radical (unpaired) electrons. The van der Waals surface area contributed by atoms with E-state index >= 15 is 0 Å². The summed E-state index contributed by atoms with van der Waals surface area (Å²) in [5.74, 6) is 0.268. The number of hydrogen-bond donors (Lipinski definition) is 1. The van der Waals surface area contributed by atoms with Crippen LogP contribution in [0.4, 0.5) is 4.39 Å². The van der Waals surface area contributed by atoms with Crippen molar-refractivity contribution in [2.45, 2.75) is 32.6 Å². The molecule has 1 aliphatic rings. The largest absolute Gasteiger partial charge is 0.342 e. The molecule has 1 heterocycles. The zero-order valence-electron chi connectivity index (χ0n) is 12.8. The van der Waals surface area contributed by atoms with Crippen molar-refractivity contribution in [3.8, 4) is 0 Å². The number of carbonyl (C=O) groups excluding carboxylic acids is 1. The van der Waals surface area contributed by atoms with Gasteiger partial charge >= 0.3 is 0 Å². The number of piperidine rings is 1. The molecule has 3 nitrogen and oxygen atoms in total. The van der Waals surface area contributed by atoms with Gasteiger partial charge in [0.15, 0.2) is 0 Å². The summed E-state index contributed by atoms with van der Waals surface area (Å²) >= 11 is 0. The lowest BCUT2D eigenvalue weighted by Gasteiger charge is -2.30. The fraction of sp³-hybridized carbons (Fsp3) is 0.588. The molecule has 1 aromatic rings. The number of halogens is 1. The first-order chi connectivity index (χ1) is 10.2. The molecule has 1 saturated heterocycles. The van der Waals surface area contributed by atoms with Gasteiger partial charge in [0.1, 0.15) is 5.82 Å². The Balaban J connectivity index is 1.96. The summed E-state index contributed by atoms with van der Waals surface area (Å²) in [6.07, 6.45) is 3.43. The summed E-state index contributed by atoms with van der Waals surface area (Å²) in [5.41, 5.74) is 0.491. The number of nitrogens with one attached hydrogen (secondary N) is 1. The minimum absolute atomic E-state index is 0.0347. The second-order valence-electron chi connectivity index (χ2n) is 5.82. The van der Waals surface area contributed by atoms with E-state index in [2.05, 4.69) is 12.2 Å². The van der Waals surface area contributed by atoms with Crippen LogP contribution in [0.1, 0.15) is 31.7 Å². The number of nitrogens with zero attached hydrogens (tertiary/aromatic N) is 1. The Labute approximate surface area is 126 Å². The lowest BCUT2D eigenvalue weighted by atomic mass is 9.98. The minimum atomic E-state index is -0.290. The SMILES string of the molecule is CCCN(CC1CCCNC1)C(=O)Cc1ccccc1F. The molecule has 0 aromatic heterocycles. The zero-order valence-corrected chi connectivity index (χ0v) is 12.8. The standard InChI is InChI=1S/C17H25FN2O/c1-2-10-20(13-14-6-5-9-19-12-14)17(21)11-15-7-3-4-8-16(15)18/h3-4,7-8,14,19H,2,5-6,9-13H2,1H3. The lowest BCUT2D eigenvalue weighted by molar-refractivity contribution is -0.131. The summed E-state index contributed by atoms with van der Waals surface area (Å²) in [6, 6.07) is 6.54. The highest BCUT2D eigenvalue weighted by molar-refractivity contribution is 5.78. The Bertz CT molecular complexity index is 458. The number of amides is 1. The van der Waals surface area contributed by atoms with E-state index in [0.29, 0.717) is 11.5 Å². The average molecular weight is 292 g/mol. The predicted molar refractivity (Wildman–Crippen MR) is 82.6 cm³/mol. The zero-order chi connectivity index (χ0) is 15.1. The monoisotopic (exact) mass is 292 g/mol. The molecule has 1 N–H and O–H groups in total. The Morgan fingerprint density at radius 3 is 2.90 bits per heavy atom. The van der Waals surface area contributed by atoms with E-state index in [-0.39, 0.29) is 18.1 Å². The highest BCUT2D eigenvalue weighted by Gasteiger charge is 2.21. The Morgan fingerprint density at radius 1 is 1.43 bits per heavy atom. The lowest BCUT2D eigenvalue weighted by Crippen LogP contribution is -2.42. The molecule has 1 aromatic carbocycles. The maximum absolute atomic E-state index is 13.7. The van der Waals surface area contributed by atoms with Gasteiger partial charge in [0.05, 0.1) is 6.42 Å². The van der Waals surface area contributed by atoms with Crippen LogP contribution in [0, 0.1) is 11.7 Å². The van der Waals surface area contributed by atoms with Crippen LogP contribution in [0.5, 0.6) is 0 Å². The molecule has 0 aliphatic carbocycles. The van der Waals surface area contributed by atoms with Crippen LogP contribution in [0.3, 0.4) is 0 Å². The molecular weight excluding hydrogens is 267 g/mol. The molecule has 0 spiro atoms. The van der Waals surface area contributed by atoms with E-state index in [1.165, 1.54) is 18.9 Å². The Kier molecular flexibility index (Phi) is 6.18. The first kappa shape index (κ1) is 16.0. The molecule has 116 valence electrons. The van der Waals surface area contributed by atoms with Crippen molar-refractivity contribution in [2.24, 2.45) is 5.92 Å². The molecule has 1 aliphatic heterocycles. The molecule has 1 atom stereocenters. The van der Waals surface area contributed by atoms with Gasteiger partial charge in [-0.25, -0.2) is 4.39 Å². The second kappa shape index (κ2) is 8.13. The van der Waals surface area contributed by atoms with E-state index in [1.54, 1.807) is 18.2 Å². The normalized spacial score (nSPS) is 18.5. The van der Waals surface area contributed by atoms with Gasteiger partial charge in [-0.05, 0) is 49.9 Å². The van der Waals surface area contributed by atoms with Crippen LogP contribution < -0.4 is 5.32 Å². The van der Waals surface area contributed by atoms with Crippen molar-refractivity contribution < 1.29 is 9.18 Å². The van der Waals surface area contributed by atoms with E-state index in [0.717, 1.165) is 32.6 Å². The highest BCUT2D eigenvalue weighted by atomic mass is 19.1. The third kappa shape index (κ3) is 4.81. The second-order valence-corrected chi connectivity index (χ2v) is 5.82. The van der Waals surface area contributed by atoms with Gasteiger partial charge in [-0.15, -0.1) is 0 Å². The molecule has 4 heteroatoms. The van der Waals surface area contributed by atoms with E-state index in [4.69, 9.17) is 0 Å². The van der Waals surface area contributed by atoms with Gasteiger partial charge in [-0.3, -0.25) is 4.79 Å². The molecule has 0 bridgehead atoms. The molecule has 2 rings (SSSR count). The molecule has 1 fully saturated rings. The van der Waals surface area contributed by atoms with Crippen LogP contribution in [-0.2, 0) is 11.2 Å². The maximum Gasteiger partial charge on any atom is 0.227 e. The van der Waals surface area contributed by atoms with Gasteiger partial charge in [-0.1, -0.05) is 25.1 Å². The van der Waals surface area contributed by atoms with Crippen LogP contribution in [-0.4, -0.2) is 37.0 Å². The van der Waals surface area contributed by atoms with Gasteiger partial charge in [0, 0.05) is 13.1 Å². The van der Waals surface area contributed by atoms with Crippen molar-refractivity contribution in [2.75, 3.05) is 26.2 Å². The number of hydrogen-bond acceptors (Lipinski definition) is 2. The number of rotatable bonds is 6. The third-order valence-electron chi connectivity index (χ3n) is 4.02. The predicted octanol–water partition coefficient (Wildman–Crippen LogP) is 2.61. The average Bonchev–Trinajstić information content (AvgIpc) is 2.50. The van der Waals surface area contributed by atoms with E-state index in [1.807, 2.05) is 4.90 Å². The van der Waals surface area contributed by atoms with Crippen LogP contribution in [0.2, 0.25) is 0 Å². The third-order valence-corrected chi connectivity index (χ3v) is 4.02. The fourth-order valence-corrected chi connectivity index (χ4v) is 2.90.